The third-order valence-electron chi connectivity index (χ3n) is 14.2. The van der Waals surface area contributed by atoms with E-state index in [2.05, 4.69) is 149 Å². The van der Waals surface area contributed by atoms with Crippen molar-refractivity contribution in [3.8, 4) is 0 Å². The number of halogens is 3. The van der Waals surface area contributed by atoms with Crippen LogP contribution in [0.5, 0.6) is 0 Å². The van der Waals surface area contributed by atoms with Crippen LogP contribution in [0.15, 0.2) is 49.8 Å². The summed E-state index contributed by atoms with van der Waals surface area (Å²) in [6.45, 7) is 40.9. The Morgan fingerprint density at radius 3 is 0.645 bits per heavy atom. The molecule has 10 nitrogen and oxygen atoms in total. The van der Waals surface area contributed by atoms with Gasteiger partial charge in [0.2, 0.25) is 0 Å². The smallest absolute Gasteiger partial charge is 0.405 e. The van der Waals surface area contributed by atoms with Gasteiger partial charge in [-0.2, -0.15) is 0 Å². The Morgan fingerprint density at radius 2 is 0.484 bits per heavy atom. The molecule has 0 aliphatic carbocycles. The minimum Gasteiger partial charge on any atom is -0.405 e. The molecule has 5 saturated heterocycles. The van der Waals surface area contributed by atoms with Crippen LogP contribution in [0.2, 0.25) is 0 Å². The molecule has 0 saturated carbocycles. The molecule has 5 aliphatic heterocycles. The zero-order valence-electron chi connectivity index (χ0n) is 42.1. The highest BCUT2D eigenvalue weighted by Crippen LogP contribution is 2.44. The lowest BCUT2D eigenvalue weighted by Gasteiger charge is -2.32. The Kier molecular flexibility index (Phi) is 16.2. The summed E-state index contributed by atoms with van der Waals surface area (Å²) in [5, 5.41) is 0. The predicted octanol–water partition coefficient (Wildman–Crippen LogP) is 9.31. The highest BCUT2D eigenvalue weighted by atomic mass is 79.9. The van der Waals surface area contributed by atoms with Crippen LogP contribution in [-0.2, 0) is 46.5 Å². The zero-order chi connectivity index (χ0) is 47.7. The molecule has 19 heteroatoms. The predicted molar refractivity (Wildman–Crippen MR) is 270 cm³/mol. The second-order valence-corrected chi connectivity index (χ2v) is 24.3. The fourth-order valence-electron chi connectivity index (χ4n) is 6.57. The van der Waals surface area contributed by atoms with E-state index in [1.165, 1.54) is 0 Å². The minimum atomic E-state index is -0.515. The molecule has 343 valence electrons. The second-order valence-electron chi connectivity index (χ2n) is 21.5. The van der Waals surface area contributed by atoms with Gasteiger partial charge in [-0.25, -0.2) is 0 Å². The molecular formula is C43H72B6Br3O10. The molecule has 0 bridgehead atoms. The molecule has 0 aromatic heterocycles. The highest BCUT2D eigenvalue weighted by molar-refractivity contribution is 9.11. The van der Waals surface area contributed by atoms with Gasteiger partial charge in [-0.05, 0) is 173 Å². The number of benzene rings is 2. The number of hydrogen-bond donors (Lipinski definition) is 0. The van der Waals surface area contributed by atoms with Gasteiger partial charge in [-0.3, -0.25) is 0 Å². The van der Waals surface area contributed by atoms with Crippen molar-refractivity contribution in [3.05, 3.63) is 49.8 Å². The van der Waals surface area contributed by atoms with Crippen LogP contribution in [0.4, 0.5) is 0 Å². The van der Waals surface area contributed by atoms with Crippen molar-refractivity contribution in [2.24, 2.45) is 0 Å². The summed E-state index contributed by atoms with van der Waals surface area (Å²) in [6, 6.07) is 12.1. The average molecular weight is 1060 g/mol. The van der Waals surface area contributed by atoms with Gasteiger partial charge >= 0.3 is 35.4 Å². The van der Waals surface area contributed by atoms with Crippen LogP contribution >= 0.6 is 47.8 Å². The van der Waals surface area contributed by atoms with Crippen molar-refractivity contribution in [2.75, 3.05) is 0 Å². The summed E-state index contributed by atoms with van der Waals surface area (Å²) in [5.41, 5.74) is -1.41. The van der Waals surface area contributed by atoms with E-state index in [-0.39, 0.29) is 38.2 Å². The molecule has 2 aromatic carbocycles. The van der Waals surface area contributed by atoms with Crippen LogP contribution in [0, 0.1) is 0 Å². The van der Waals surface area contributed by atoms with Gasteiger partial charge in [0, 0.05) is 24.8 Å². The molecule has 5 aliphatic rings. The molecule has 3 radical (unpaired) electrons. The summed E-state index contributed by atoms with van der Waals surface area (Å²) in [4.78, 5) is 0. The summed E-state index contributed by atoms with van der Waals surface area (Å²) in [6.07, 6.45) is 0. The van der Waals surface area contributed by atoms with Gasteiger partial charge < -0.3 is 46.5 Å². The van der Waals surface area contributed by atoms with Crippen LogP contribution < -0.4 is 16.4 Å². The quantitative estimate of drug-likeness (QED) is 0.276. The summed E-state index contributed by atoms with van der Waals surface area (Å²) in [5.74, 6) is 0. The Hall–Kier alpha value is -0.130. The van der Waals surface area contributed by atoms with E-state index in [4.69, 9.17) is 49.5 Å². The van der Waals surface area contributed by atoms with E-state index in [0.717, 1.165) is 29.8 Å². The molecule has 0 N–H and O–H groups in total. The second kappa shape index (κ2) is 18.4. The first-order valence-corrected chi connectivity index (χ1v) is 23.3. The molecule has 0 spiro atoms. The van der Waals surface area contributed by atoms with Crippen molar-refractivity contribution >= 4 is 108 Å². The van der Waals surface area contributed by atoms with Crippen LogP contribution in [0.1, 0.15) is 149 Å². The number of hydrogen-bond acceptors (Lipinski definition) is 10. The highest BCUT2D eigenvalue weighted by Gasteiger charge is 2.64. The summed E-state index contributed by atoms with van der Waals surface area (Å²) >= 11 is 10.1. The molecule has 0 atom stereocenters. The van der Waals surface area contributed by atoms with E-state index in [9.17, 15) is 0 Å². The Labute approximate surface area is 406 Å². The normalized spacial score (nSPS) is 26.0. The lowest BCUT2D eigenvalue weighted by Crippen LogP contribution is -2.47. The lowest BCUT2D eigenvalue weighted by atomic mass is 9.49. The van der Waals surface area contributed by atoms with Gasteiger partial charge in [-0.15, -0.1) is 0 Å². The molecule has 5 fully saturated rings. The van der Waals surface area contributed by atoms with Crippen LogP contribution in [0.25, 0.3) is 0 Å². The van der Waals surface area contributed by atoms with Crippen molar-refractivity contribution in [1.29, 1.82) is 0 Å². The lowest BCUT2D eigenvalue weighted by molar-refractivity contribution is 0.00578. The average Bonchev–Trinajstić information content (AvgIpc) is 3.71. The molecule has 0 unspecified atom stereocenters. The maximum Gasteiger partial charge on any atom is 0.494 e. The number of rotatable bonds is 4. The summed E-state index contributed by atoms with van der Waals surface area (Å²) < 4.78 is 75.3. The van der Waals surface area contributed by atoms with E-state index in [1.807, 2.05) is 73.6 Å². The van der Waals surface area contributed by atoms with Crippen molar-refractivity contribution in [1.82, 2.24) is 0 Å². The molecule has 2 aromatic rings. The maximum atomic E-state index is 6.36. The fourth-order valence-corrected chi connectivity index (χ4v) is 8.97. The first-order valence-electron chi connectivity index (χ1n) is 21.9. The first kappa shape index (κ1) is 54.5. The van der Waals surface area contributed by atoms with E-state index in [0.29, 0.717) is 0 Å². The SMILES string of the molecule is Brc1cc(Br)cc(Br)c1.C.CC1(C)OB(B2OC(C)(C)C(C)(C)O2)OC1(C)C.CC1(C)OB(c2cc(B3OC(C)(C)C(C)(C)O3)cc(B3OC(C)(C)C(C)(C)O3)c2)OC1(C)C.[2H][3H].[B]. The molecular weight excluding hydrogens is 981 g/mol. The maximum absolute atomic E-state index is 6.36. The molecule has 62 heavy (non-hydrogen) atoms. The Balaban J connectivity index is 0.000000380. The van der Waals surface area contributed by atoms with Gasteiger partial charge in [0.25, 0.3) is 0 Å². The largest absolute Gasteiger partial charge is 0.494 e. The minimum absolute atomic E-state index is 0. The van der Waals surface area contributed by atoms with E-state index in [1.54, 1.807) is 0 Å². The van der Waals surface area contributed by atoms with E-state index >= 15 is 0 Å². The van der Waals surface area contributed by atoms with E-state index < -0.39 is 69.0 Å². The van der Waals surface area contributed by atoms with Crippen LogP contribution in [0.3, 0.4) is 0 Å². The molecule has 0 amide bonds. The standard InChI is InChI=1S/C24H39B3O6.C12H24B2O4.C6H3Br3.CH4.B.H2/c1-19(2)20(3,4)29-25(28-19)16-13-17(26-30-21(5,6)22(7,8)31-26)15-18(14-16)27-32-23(9,10)24(11,12)33-27;1-9(2)10(3,4)16-13(15-9)14-17-11(5,6)12(7,8)18-14;7-4-1-5(8)3-6(9)2-4;;;/h13-15H,1-12H3;1-8H3;1-3H;1H4;;1H/i;;;;;1+2D. The topological polar surface area (TPSA) is 92.3 Å². The third-order valence-corrected chi connectivity index (χ3v) is 15.5. The van der Waals surface area contributed by atoms with Crippen molar-refractivity contribution in [3.63, 3.8) is 0 Å². The Morgan fingerprint density at radius 1 is 0.339 bits per heavy atom. The zero-order valence-corrected chi connectivity index (χ0v) is 44.9. The van der Waals surface area contributed by atoms with Gasteiger partial charge in [-0.1, -0.05) is 73.4 Å². The van der Waals surface area contributed by atoms with Crippen molar-refractivity contribution < 1.29 is 49.5 Å². The third kappa shape index (κ3) is 11.4. The Bertz CT molecular complexity index is 1630. The monoisotopic (exact) mass is 1050 g/mol. The van der Waals surface area contributed by atoms with Gasteiger partial charge in [0.05, 0.1) is 56.0 Å². The first-order chi connectivity index (χ1) is 27.8. The summed E-state index contributed by atoms with van der Waals surface area (Å²) in [7, 11) is -2.50. The van der Waals surface area contributed by atoms with Gasteiger partial charge in [0.1, 0.15) is 0 Å². The fraction of sp³-hybridized carbons (Fsp3) is 0.721. The van der Waals surface area contributed by atoms with Crippen molar-refractivity contribution in [2.45, 2.75) is 202 Å². The van der Waals surface area contributed by atoms with Gasteiger partial charge in [0.15, 0.2) is 0 Å². The van der Waals surface area contributed by atoms with Crippen LogP contribution in [-0.4, -0.2) is 99.8 Å². The molecule has 5 heterocycles. The molecule has 7 rings (SSSR count).